The third-order valence-electron chi connectivity index (χ3n) is 6.16. The summed E-state index contributed by atoms with van der Waals surface area (Å²) in [6.45, 7) is 21.9. The van der Waals surface area contributed by atoms with E-state index >= 15 is 0 Å². The predicted octanol–water partition coefficient (Wildman–Crippen LogP) is 6.20. The van der Waals surface area contributed by atoms with Gasteiger partial charge in [0.05, 0.1) is 36.9 Å². The Kier molecular flexibility index (Phi) is 9.66. The Labute approximate surface area is 260 Å². The number of amides is 2. The largest absolute Gasteiger partial charge is 0.443 e. The summed E-state index contributed by atoms with van der Waals surface area (Å²) in [6.07, 6.45) is 1.20. The number of aryl methyl sites for hydroxylation is 1. The van der Waals surface area contributed by atoms with Crippen LogP contribution >= 0.6 is 11.3 Å². The van der Waals surface area contributed by atoms with Gasteiger partial charge >= 0.3 is 12.2 Å². The van der Waals surface area contributed by atoms with Gasteiger partial charge in [0.1, 0.15) is 11.2 Å². The molecule has 0 spiro atoms. The van der Waals surface area contributed by atoms with E-state index in [0.717, 1.165) is 10.0 Å². The molecule has 0 unspecified atom stereocenters. The van der Waals surface area contributed by atoms with Gasteiger partial charge in [0, 0.05) is 42.2 Å². The van der Waals surface area contributed by atoms with Gasteiger partial charge in [-0.15, -0.1) is 0 Å². The summed E-state index contributed by atoms with van der Waals surface area (Å²) in [5, 5.41) is 0.747. The van der Waals surface area contributed by atoms with Crippen molar-refractivity contribution in [3.63, 3.8) is 0 Å². The molecule has 1 aromatic carbocycles. The van der Waals surface area contributed by atoms with E-state index < -0.39 is 23.4 Å². The van der Waals surface area contributed by atoms with Crippen molar-refractivity contribution in [1.29, 1.82) is 0 Å². The van der Waals surface area contributed by atoms with Crippen molar-refractivity contribution >= 4 is 40.1 Å². The summed E-state index contributed by atoms with van der Waals surface area (Å²) in [7, 11) is 0. The summed E-state index contributed by atoms with van der Waals surface area (Å²) in [6, 6.07) is 4.77. The molecule has 13 heteroatoms. The highest BCUT2D eigenvalue weighted by molar-refractivity contribution is 7.17. The van der Waals surface area contributed by atoms with Gasteiger partial charge in [-0.3, -0.25) is 4.79 Å². The molecule has 2 aromatic heterocycles. The van der Waals surface area contributed by atoms with E-state index in [1.807, 2.05) is 0 Å². The van der Waals surface area contributed by atoms with Crippen LogP contribution in [0.3, 0.4) is 0 Å². The quantitative estimate of drug-likeness (QED) is 0.232. The number of benzene rings is 1. The highest BCUT2D eigenvalue weighted by atomic mass is 32.1. The topological polar surface area (TPSA) is 128 Å². The van der Waals surface area contributed by atoms with Crippen LogP contribution in [0, 0.1) is 13.5 Å². The Morgan fingerprint density at radius 1 is 1.02 bits per heavy atom. The molecule has 0 saturated carbocycles. The van der Waals surface area contributed by atoms with Crippen LogP contribution in [0.2, 0.25) is 0 Å². The fourth-order valence-corrected chi connectivity index (χ4v) is 5.26. The van der Waals surface area contributed by atoms with Gasteiger partial charge in [0.15, 0.2) is 16.6 Å². The molecule has 44 heavy (non-hydrogen) atoms. The summed E-state index contributed by atoms with van der Waals surface area (Å²) in [5.74, 6) is -0.0426. The van der Waals surface area contributed by atoms with Crippen molar-refractivity contribution in [3.05, 3.63) is 63.7 Å². The number of anilines is 1. The molecule has 232 valence electrons. The number of ether oxygens (including phenoxy) is 3. The van der Waals surface area contributed by atoms with Gasteiger partial charge in [-0.05, 0) is 54.5 Å². The molecular formula is C31H36N6O6S. The van der Waals surface area contributed by atoms with Crippen LogP contribution < -0.4 is 4.90 Å². The second-order valence-electron chi connectivity index (χ2n) is 12.1. The number of morpholine rings is 1. The van der Waals surface area contributed by atoms with Crippen LogP contribution in [0.5, 0.6) is 0 Å². The van der Waals surface area contributed by atoms with E-state index in [9.17, 15) is 14.4 Å². The van der Waals surface area contributed by atoms with Crippen LogP contribution in [0.4, 0.5) is 20.4 Å². The zero-order chi connectivity index (χ0) is 32.2. The van der Waals surface area contributed by atoms with Crippen molar-refractivity contribution in [2.24, 2.45) is 0 Å². The third-order valence-corrected chi connectivity index (χ3v) is 7.38. The highest BCUT2D eigenvalue weighted by Gasteiger charge is 2.32. The van der Waals surface area contributed by atoms with Crippen molar-refractivity contribution in [2.45, 2.75) is 66.2 Å². The molecule has 1 fully saturated rings. The number of rotatable bonds is 6. The maximum atomic E-state index is 13.9. The minimum absolute atomic E-state index is 0.197. The lowest BCUT2D eigenvalue weighted by atomic mass is 10.0. The van der Waals surface area contributed by atoms with Gasteiger partial charge in [0.25, 0.3) is 0 Å². The Balaban J connectivity index is 1.63. The molecule has 4 rings (SSSR count). The van der Waals surface area contributed by atoms with Crippen LogP contribution in [-0.4, -0.2) is 75.3 Å². The number of ketones is 1. The molecule has 0 radical (unpaired) electrons. The Bertz CT molecular complexity index is 1550. The van der Waals surface area contributed by atoms with Crippen LogP contribution in [0.1, 0.15) is 68.0 Å². The number of hydrogen-bond donors (Lipinski definition) is 0. The minimum atomic E-state index is -0.866. The van der Waals surface area contributed by atoms with Crippen LogP contribution in [-0.2, 0) is 20.8 Å². The maximum Gasteiger partial charge on any atom is 0.420 e. The second-order valence-corrected chi connectivity index (χ2v) is 13.1. The van der Waals surface area contributed by atoms with E-state index in [1.165, 1.54) is 29.8 Å². The fourth-order valence-electron chi connectivity index (χ4n) is 4.19. The number of aromatic nitrogens is 3. The first kappa shape index (κ1) is 32.5. The molecule has 2 amide bonds. The third kappa shape index (κ3) is 8.15. The molecule has 1 saturated heterocycles. The molecule has 1 aliphatic rings. The van der Waals surface area contributed by atoms with Gasteiger partial charge in [-0.25, -0.2) is 34.3 Å². The molecular weight excluding hydrogens is 584 g/mol. The predicted molar refractivity (Wildman–Crippen MR) is 165 cm³/mol. The molecule has 0 aliphatic carbocycles. The molecule has 3 aromatic rings. The van der Waals surface area contributed by atoms with Crippen LogP contribution in [0.25, 0.3) is 16.2 Å². The average Bonchev–Trinajstić information content (AvgIpc) is 3.35. The number of nitrogens with zero attached hydrogens (tertiary/aromatic N) is 6. The lowest BCUT2D eigenvalue weighted by Crippen LogP contribution is -2.43. The van der Waals surface area contributed by atoms with Gasteiger partial charge in [-0.2, -0.15) is 0 Å². The number of imide groups is 1. The molecule has 0 N–H and O–H groups in total. The van der Waals surface area contributed by atoms with Crippen molar-refractivity contribution < 1.29 is 28.6 Å². The number of carbonyl (C=O) groups excluding carboxylic acids is 3. The summed E-state index contributed by atoms with van der Waals surface area (Å²) in [4.78, 5) is 60.2. The fraction of sp³-hybridized carbons (Fsp3) is 0.452. The van der Waals surface area contributed by atoms with Gasteiger partial charge in [-0.1, -0.05) is 23.5 Å². The normalized spacial score (nSPS) is 13.6. The zero-order valence-corrected chi connectivity index (χ0v) is 26.8. The lowest BCUT2D eigenvalue weighted by Gasteiger charge is -2.28. The van der Waals surface area contributed by atoms with Gasteiger partial charge < -0.3 is 19.1 Å². The Hall–Kier alpha value is -4.41. The standard InChI is InChI=1S/C31H36N6O6S/c1-19-25(44-27(35-19)36-11-13-41-14-12-36)24(38)23-15-21(32-8)9-10-22(23)26-33-16-20(17-34-26)18-37(28(39)42-30(2,3)4)29(40)43-31(5,6)7/h9-10,15-17H,11-14,18H2,1-7H3. The van der Waals surface area contributed by atoms with E-state index in [0.29, 0.717) is 53.7 Å². The minimum Gasteiger partial charge on any atom is -0.443 e. The number of carbonyl (C=O) groups is 3. The van der Waals surface area contributed by atoms with Gasteiger partial charge in [0.2, 0.25) is 5.78 Å². The summed E-state index contributed by atoms with van der Waals surface area (Å²) >= 11 is 1.31. The van der Waals surface area contributed by atoms with Crippen LogP contribution in [0.15, 0.2) is 30.6 Å². The average molecular weight is 621 g/mol. The molecule has 0 bridgehead atoms. The Morgan fingerprint density at radius 3 is 2.16 bits per heavy atom. The zero-order valence-electron chi connectivity index (χ0n) is 26.0. The van der Waals surface area contributed by atoms with E-state index in [4.69, 9.17) is 20.8 Å². The summed E-state index contributed by atoms with van der Waals surface area (Å²) in [5.41, 5.74) is 0.372. The first-order chi connectivity index (χ1) is 20.6. The highest BCUT2D eigenvalue weighted by Crippen LogP contribution is 2.33. The second kappa shape index (κ2) is 13.1. The maximum absolute atomic E-state index is 13.9. The SMILES string of the molecule is [C-]#[N+]c1ccc(-c2ncc(CN(C(=O)OC(C)(C)C)C(=O)OC(C)(C)C)cn2)c(C(=O)c2sc(N3CCOCC3)nc2C)c1. The van der Waals surface area contributed by atoms with E-state index in [2.05, 4.69) is 24.7 Å². The molecule has 12 nitrogen and oxygen atoms in total. The van der Waals surface area contributed by atoms with Crippen molar-refractivity contribution in [2.75, 3.05) is 31.2 Å². The summed E-state index contributed by atoms with van der Waals surface area (Å²) < 4.78 is 16.3. The number of thiazole rings is 1. The smallest absolute Gasteiger partial charge is 0.420 e. The van der Waals surface area contributed by atoms with E-state index in [-0.39, 0.29) is 23.7 Å². The van der Waals surface area contributed by atoms with E-state index in [1.54, 1.807) is 60.6 Å². The first-order valence-electron chi connectivity index (χ1n) is 14.1. The molecule has 3 heterocycles. The lowest BCUT2D eigenvalue weighted by molar-refractivity contribution is -0.000295. The van der Waals surface area contributed by atoms with Crippen molar-refractivity contribution in [1.82, 2.24) is 19.9 Å². The monoisotopic (exact) mass is 620 g/mol. The molecule has 0 atom stereocenters. The first-order valence-corrected chi connectivity index (χ1v) is 14.9. The van der Waals surface area contributed by atoms with Crippen molar-refractivity contribution in [3.8, 4) is 11.4 Å². The Morgan fingerprint density at radius 2 is 1.61 bits per heavy atom. The molecule has 1 aliphatic heterocycles. The number of hydrogen-bond acceptors (Lipinski definition) is 11.